The highest BCUT2D eigenvalue weighted by molar-refractivity contribution is 7.88. The van der Waals surface area contributed by atoms with Gasteiger partial charge in [0.15, 0.2) is 0 Å². The number of benzene rings is 2. The fourth-order valence-electron chi connectivity index (χ4n) is 3.64. The molecule has 1 atom stereocenters. The van der Waals surface area contributed by atoms with Gasteiger partial charge in [-0.25, -0.2) is 12.7 Å². The van der Waals surface area contributed by atoms with Crippen molar-refractivity contribution in [3.63, 3.8) is 0 Å². The summed E-state index contributed by atoms with van der Waals surface area (Å²) in [4.78, 5) is 12.6. The van der Waals surface area contributed by atoms with Crippen LogP contribution in [-0.2, 0) is 20.6 Å². The topological polar surface area (TPSA) is 66.5 Å². The number of halogens is 2. The first kappa shape index (κ1) is 23.1. The van der Waals surface area contributed by atoms with Gasteiger partial charge in [-0.15, -0.1) is 0 Å². The van der Waals surface area contributed by atoms with E-state index in [0.717, 1.165) is 0 Å². The summed E-state index contributed by atoms with van der Waals surface area (Å²) in [6, 6.07) is 15.0. The van der Waals surface area contributed by atoms with E-state index in [1.165, 1.54) is 9.87 Å². The highest BCUT2D eigenvalue weighted by atomic mass is 35.5. The van der Waals surface area contributed by atoms with E-state index in [1.807, 2.05) is 30.3 Å². The molecule has 0 saturated carbocycles. The van der Waals surface area contributed by atoms with E-state index in [0.29, 0.717) is 48.1 Å². The zero-order valence-corrected chi connectivity index (χ0v) is 19.2. The molecule has 1 unspecified atom stereocenters. The van der Waals surface area contributed by atoms with Gasteiger partial charge in [-0.3, -0.25) is 4.79 Å². The van der Waals surface area contributed by atoms with Gasteiger partial charge in [-0.2, -0.15) is 0 Å². The van der Waals surface area contributed by atoms with Crippen LogP contribution in [0.15, 0.2) is 48.5 Å². The average Bonchev–Trinajstić information content (AvgIpc) is 2.75. The number of hydrogen-bond donors (Lipinski definition) is 1. The van der Waals surface area contributed by atoms with Crippen molar-refractivity contribution in [1.82, 2.24) is 9.62 Å². The number of carbonyl (C=O) groups is 1. The standard InChI is InChI=1S/C22H26Cl2N2O3S/c1-16(17-6-3-2-4-7-17)14-25-22(27)18-10-12-26(13-11-18)30(28,29)15-19-20(23)8-5-9-21(19)24/h2-9,16,18H,10-15H2,1H3,(H,25,27). The molecule has 0 aromatic heterocycles. The second kappa shape index (κ2) is 10.1. The predicted octanol–water partition coefficient (Wildman–Crippen LogP) is 4.46. The Morgan fingerprint density at radius 1 is 1.07 bits per heavy atom. The van der Waals surface area contributed by atoms with Crippen LogP contribution in [0.5, 0.6) is 0 Å². The second-order valence-electron chi connectivity index (χ2n) is 7.69. The smallest absolute Gasteiger partial charge is 0.223 e. The number of hydrogen-bond acceptors (Lipinski definition) is 3. The molecule has 0 spiro atoms. The maximum atomic E-state index is 12.8. The van der Waals surface area contributed by atoms with Gasteiger partial charge in [0.2, 0.25) is 15.9 Å². The molecule has 1 fully saturated rings. The zero-order valence-electron chi connectivity index (χ0n) is 16.9. The summed E-state index contributed by atoms with van der Waals surface area (Å²) in [5, 5.41) is 3.70. The Labute approximate surface area is 188 Å². The molecule has 2 aromatic rings. The minimum absolute atomic E-state index is 0.0102. The number of carbonyl (C=O) groups excluding carboxylic acids is 1. The third-order valence-electron chi connectivity index (χ3n) is 5.56. The van der Waals surface area contributed by atoms with Crippen molar-refractivity contribution in [2.75, 3.05) is 19.6 Å². The van der Waals surface area contributed by atoms with Crippen molar-refractivity contribution in [2.45, 2.75) is 31.4 Å². The largest absolute Gasteiger partial charge is 0.355 e. The lowest BCUT2D eigenvalue weighted by Crippen LogP contribution is -2.43. The molecular formula is C22H26Cl2N2O3S. The highest BCUT2D eigenvalue weighted by Crippen LogP contribution is 2.29. The van der Waals surface area contributed by atoms with E-state index in [2.05, 4.69) is 12.2 Å². The fraction of sp³-hybridized carbons (Fsp3) is 0.409. The SMILES string of the molecule is CC(CNC(=O)C1CCN(S(=O)(=O)Cc2c(Cl)cccc2Cl)CC1)c1ccccc1. The average molecular weight is 469 g/mol. The Balaban J connectivity index is 1.52. The van der Waals surface area contributed by atoms with Crippen molar-refractivity contribution in [2.24, 2.45) is 5.92 Å². The molecule has 5 nitrogen and oxygen atoms in total. The second-order valence-corrected chi connectivity index (χ2v) is 10.5. The Hall–Kier alpha value is -1.60. The lowest BCUT2D eigenvalue weighted by Gasteiger charge is -2.31. The molecule has 8 heteroatoms. The molecule has 1 aliphatic rings. The summed E-state index contributed by atoms with van der Waals surface area (Å²) in [6.07, 6.45) is 1.00. The monoisotopic (exact) mass is 468 g/mol. The van der Waals surface area contributed by atoms with Gasteiger partial charge < -0.3 is 5.32 Å². The van der Waals surface area contributed by atoms with Gasteiger partial charge in [0.1, 0.15) is 0 Å². The first-order chi connectivity index (χ1) is 14.3. The van der Waals surface area contributed by atoms with E-state index in [1.54, 1.807) is 18.2 Å². The predicted molar refractivity (Wildman–Crippen MR) is 121 cm³/mol. The van der Waals surface area contributed by atoms with Crippen molar-refractivity contribution < 1.29 is 13.2 Å². The fourth-order valence-corrected chi connectivity index (χ4v) is 5.95. The zero-order chi connectivity index (χ0) is 21.7. The van der Waals surface area contributed by atoms with Crippen LogP contribution in [-0.4, -0.2) is 38.3 Å². The Morgan fingerprint density at radius 2 is 1.67 bits per heavy atom. The third kappa shape index (κ3) is 5.76. The van der Waals surface area contributed by atoms with Crippen LogP contribution in [0.4, 0.5) is 0 Å². The van der Waals surface area contributed by atoms with Crippen LogP contribution in [0.2, 0.25) is 10.0 Å². The quantitative estimate of drug-likeness (QED) is 0.652. The van der Waals surface area contributed by atoms with Crippen LogP contribution < -0.4 is 5.32 Å². The molecule has 2 aromatic carbocycles. The maximum Gasteiger partial charge on any atom is 0.223 e. The first-order valence-corrected chi connectivity index (χ1v) is 12.4. The Morgan fingerprint density at radius 3 is 2.27 bits per heavy atom. The summed E-state index contributed by atoms with van der Waals surface area (Å²) in [5.74, 6) is -0.208. The summed E-state index contributed by atoms with van der Waals surface area (Å²) in [5.41, 5.74) is 1.59. The summed E-state index contributed by atoms with van der Waals surface area (Å²) < 4.78 is 27.1. The van der Waals surface area contributed by atoms with Crippen LogP contribution in [0.25, 0.3) is 0 Å². The van der Waals surface area contributed by atoms with E-state index < -0.39 is 10.0 Å². The highest BCUT2D eigenvalue weighted by Gasteiger charge is 2.32. The number of piperidine rings is 1. The molecular weight excluding hydrogens is 443 g/mol. The van der Waals surface area contributed by atoms with Crippen LogP contribution >= 0.6 is 23.2 Å². The number of amides is 1. The number of nitrogens with zero attached hydrogens (tertiary/aromatic N) is 1. The van der Waals surface area contributed by atoms with E-state index in [4.69, 9.17) is 23.2 Å². The summed E-state index contributed by atoms with van der Waals surface area (Å²) >= 11 is 12.2. The van der Waals surface area contributed by atoms with Crippen LogP contribution in [0.3, 0.4) is 0 Å². The van der Waals surface area contributed by atoms with Gasteiger partial charge in [0.05, 0.1) is 5.75 Å². The molecule has 3 rings (SSSR count). The maximum absolute atomic E-state index is 12.8. The van der Waals surface area contributed by atoms with Gasteiger partial charge in [-0.1, -0.05) is 66.5 Å². The normalized spacial score (nSPS) is 16.9. The third-order valence-corrected chi connectivity index (χ3v) is 8.07. The van der Waals surface area contributed by atoms with Gasteiger partial charge in [-0.05, 0) is 36.5 Å². The van der Waals surface area contributed by atoms with E-state index in [9.17, 15) is 13.2 Å². The molecule has 0 aliphatic carbocycles. The van der Waals surface area contributed by atoms with Crippen LogP contribution in [0.1, 0.15) is 36.8 Å². The molecule has 0 radical (unpaired) electrons. The summed E-state index contributed by atoms with van der Waals surface area (Å²) in [6.45, 7) is 3.27. The molecule has 1 saturated heterocycles. The van der Waals surface area contributed by atoms with Gasteiger partial charge >= 0.3 is 0 Å². The minimum Gasteiger partial charge on any atom is -0.355 e. The van der Waals surface area contributed by atoms with E-state index in [-0.39, 0.29) is 23.5 Å². The van der Waals surface area contributed by atoms with Gasteiger partial charge in [0, 0.05) is 41.2 Å². The van der Waals surface area contributed by atoms with Crippen molar-refractivity contribution in [1.29, 1.82) is 0 Å². The molecule has 1 aliphatic heterocycles. The molecule has 1 N–H and O–H groups in total. The Kier molecular flexibility index (Phi) is 7.80. The van der Waals surface area contributed by atoms with Crippen molar-refractivity contribution >= 4 is 39.1 Å². The summed E-state index contributed by atoms with van der Waals surface area (Å²) in [7, 11) is -3.56. The molecule has 30 heavy (non-hydrogen) atoms. The molecule has 1 heterocycles. The van der Waals surface area contributed by atoms with Crippen molar-refractivity contribution in [3.05, 3.63) is 69.7 Å². The number of rotatable bonds is 7. The lowest BCUT2D eigenvalue weighted by atomic mass is 9.96. The van der Waals surface area contributed by atoms with Gasteiger partial charge in [0.25, 0.3) is 0 Å². The molecule has 0 bridgehead atoms. The number of sulfonamides is 1. The number of nitrogens with one attached hydrogen (secondary N) is 1. The Bertz CT molecular complexity index is 955. The first-order valence-electron chi connectivity index (χ1n) is 10.0. The molecule has 1 amide bonds. The molecule has 162 valence electrons. The van der Waals surface area contributed by atoms with Crippen LogP contribution in [0, 0.1) is 5.92 Å². The lowest BCUT2D eigenvalue weighted by molar-refractivity contribution is -0.126. The van der Waals surface area contributed by atoms with Crippen molar-refractivity contribution in [3.8, 4) is 0 Å². The van der Waals surface area contributed by atoms with E-state index >= 15 is 0 Å². The minimum atomic E-state index is -3.56.